The summed E-state index contributed by atoms with van der Waals surface area (Å²) in [5.41, 5.74) is 0. The van der Waals surface area contributed by atoms with E-state index in [1.165, 1.54) is 0 Å². The number of carbonyl (C=O) groups excluding carboxylic acids is 2. The molecule has 0 amide bonds. The number of carboxylic acids is 1. The highest BCUT2D eigenvalue weighted by atomic mass is 16.4. The average molecular weight is 173 g/mol. The Bertz CT molecular complexity index is 172. The van der Waals surface area contributed by atoms with Gasteiger partial charge in [-0.15, -0.1) is 0 Å². The minimum atomic E-state index is -1.09. The van der Waals surface area contributed by atoms with E-state index in [0.717, 1.165) is 6.29 Å². The molecule has 0 aromatic heterocycles. The number of hydrogen-bond acceptors (Lipinski definition) is 3. The fourth-order valence-electron chi connectivity index (χ4n) is 1.05. The molecule has 70 valence electrons. The van der Waals surface area contributed by atoms with Gasteiger partial charge in [0.1, 0.15) is 12.3 Å². The molecule has 1 unspecified atom stereocenters. The van der Waals surface area contributed by atoms with Crippen molar-refractivity contribution in [3.8, 4) is 0 Å². The Labute approximate surface area is 72.4 Å². The molecule has 0 N–H and O–H groups in total. The molecule has 0 saturated heterocycles. The Morgan fingerprint density at radius 2 is 2.00 bits per heavy atom. The fourth-order valence-corrected chi connectivity index (χ4v) is 1.05. The number of rotatable bonds is 5. The van der Waals surface area contributed by atoms with E-state index in [1.807, 2.05) is 0 Å². The third-order valence-corrected chi connectivity index (χ3v) is 1.77. The number of aliphatic carboxylic acids is 1. The molecule has 0 aromatic rings. The zero-order valence-corrected chi connectivity index (χ0v) is 7.74. The Balaban J connectivity index is 4.24. The van der Waals surface area contributed by atoms with Crippen LogP contribution in [0.1, 0.15) is 12.8 Å². The number of carbonyl (C=O) groups is 2. The van der Waals surface area contributed by atoms with E-state index in [4.69, 9.17) is 0 Å². The van der Waals surface area contributed by atoms with Crippen LogP contribution in [0.15, 0.2) is 0 Å². The van der Waals surface area contributed by atoms with Crippen LogP contribution < -0.4 is 5.11 Å². The first-order valence-corrected chi connectivity index (χ1v) is 3.85. The van der Waals surface area contributed by atoms with Crippen molar-refractivity contribution >= 4 is 12.3 Å². The first-order valence-electron chi connectivity index (χ1n) is 3.85. The number of aldehydes is 1. The molecule has 4 heteroatoms. The SMILES string of the molecule is C[N+](C)(C)C(CCC=O)C(=O)[O-]. The lowest BCUT2D eigenvalue weighted by atomic mass is 10.1. The second-order valence-corrected chi connectivity index (χ2v) is 3.70. The highest BCUT2D eigenvalue weighted by Crippen LogP contribution is 2.07. The summed E-state index contributed by atoms with van der Waals surface area (Å²) in [6.45, 7) is 0. The van der Waals surface area contributed by atoms with E-state index in [1.54, 1.807) is 21.1 Å². The van der Waals surface area contributed by atoms with E-state index in [9.17, 15) is 14.7 Å². The van der Waals surface area contributed by atoms with Crippen molar-refractivity contribution in [2.45, 2.75) is 18.9 Å². The van der Waals surface area contributed by atoms with Gasteiger partial charge in [-0.3, -0.25) is 0 Å². The van der Waals surface area contributed by atoms with Gasteiger partial charge in [-0.1, -0.05) is 0 Å². The lowest BCUT2D eigenvalue weighted by Gasteiger charge is -2.34. The summed E-state index contributed by atoms with van der Waals surface area (Å²) in [4.78, 5) is 20.6. The summed E-state index contributed by atoms with van der Waals surface area (Å²) in [5, 5.41) is 10.6. The van der Waals surface area contributed by atoms with Crippen LogP contribution >= 0.6 is 0 Å². The standard InChI is InChI=1S/C8H15NO3/c1-9(2,3)7(8(11)12)5-4-6-10/h6-7H,4-5H2,1-3H3. The molecule has 0 radical (unpaired) electrons. The van der Waals surface area contributed by atoms with Gasteiger partial charge in [0, 0.05) is 12.8 Å². The van der Waals surface area contributed by atoms with Crippen LogP contribution in [-0.2, 0) is 9.59 Å². The zero-order valence-electron chi connectivity index (χ0n) is 7.74. The van der Waals surface area contributed by atoms with E-state index < -0.39 is 12.0 Å². The lowest BCUT2D eigenvalue weighted by molar-refractivity contribution is -0.889. The van der Waals surface area contributed by atoms with Crippen LogP contribution in [0.25, 0.3) is 0 Å². The van der Waals surface area contributed by atoms with Gasteiger partial charge in [0.15, 0.2) is 0 Å². The normalized spacial score (nSPS) is 13.9. The van der Waals surface area contributed by atoms with Gasteiger partial charge < -0.3 is 19.2 Å². The number of hydrogen-bond donors (Lipinski definition) is 0. The fraction of sp³-hybridized carbons (Fsp3) is 0.750. The summed E-state index contributed by atoms with van der Waals surface area (Å²) in [6.07, 6.45) is 1.34. The van der Waals surface area contributed by atoms with Crippen molar-refractivity contribution in [1.29, 1.82) is 0 Å². The average Bonchev–Trinajstić information content (AvgIpc) is 1.84. The van der Waals surface area contributed by atoms with Gasteiger partial charge in [0.05, 0.1) is 27.1 Å². The van der Waals surface area contributed by atoms with Gasteiger partial charge >= 0.3 is 0 Å². The summed E-state index contributed by atoms with van der Waals surface area (Å²) in [5.74, 6) is -1.09. The van der Waals surface area contributed by atoms with Crippen LogP contribution in [-0.4, -0.2) is 43.9 Å². The maximum Gasteiger partial charge on any atom is 0.129 e. The van der Waals surface area contributed by atoms with Gasteiger partial charge in [0.25, 0.3) is 0 Å². The molecule has 0 spiro atoms. The molecule has 0 aromatic carbocycles. The summed E-state index contributed by atoms with van der Waals surface area (Å²) < 4.78 is 0.288. The molecule has 1 atom stereocenters. The predicted octanol–water partition coefficient (Wildman–Crippen LogP) is -1.21. The van der Waals surface area contributed by atoms with Crippen LogP contribution in [0.2, 0.25) is 0 Å². The van der Waals surface area contributed by atoms with Crippen molar-refractivity contribution in [1.82, 2.24) is 0 Å². The second kappa shape index (κ2) is 4.21. The largest absolute Gasteiger partial charge is 0.544 e. The van der Waals surface area contributed by atoms with E-state index in [0.29, 0.717) is 6.42 Å². The van der Waals surface area contributed by atoms with Gasteiger partial charge in [0.2, 0.25) is 0 Å². The molecule has 0 aliphatic rings. The Hall–Kier alpha value is -0.900. The van der Waals surface area contributed by atoms with Crippen molar-refractivity contribution in [2.75, 3.05) is 21.1 Å². The van der Waals surface area contributed by atoms with Crippen molar-refractivity contribution in [3.63, 3.8) is 0 Å². The van der Waals surface area contributed by atoms with Crippen LogP contribution in [0, 0.1) is 0 Å². The lowest BCUT2D eigenvalue weighted by Crippen LogP contribution is -2.54. The topological polar surface area (TPSA) is 57.2 Å². The van der Waals surface area contributed by atoms with Crippen LogP contribution in [0.5, 0.6) is 0 Å². The van der Waals surface area contributed by atoms with Gasteiger partial charge in [-0.05, 0) is 0 Å². The van der Waals surface area contributed by atoms with Crippen LogP contribution in [0.3, 0.4) is 0 Å². The maximum absolute atomic E-state index is 10.6. The third kappa shape index (κ3) is 3.48. The van der Waals surface area contributed by atoms with Crippen molar-refractivity contribution in [2.24, 2.45) is 0 Å². The zero-order chi connectivity index (χ0) is 9.78. The molecule has 4 nitrogen and oxygen atoms in total. The van der Waals surface area contributed by atoms with Gasteiger partial charge in [-0.25, -0.2) is 0 Å². The Morgan fingerprint density at radius 3 is 2.25 bits per heavy atom. The summed E-state index contributed by atoms with van der Waals surface area (Å²) >= 11 is 0. The molecule has 0 heterocycles. The molecule has 0 bridgehead atoms. The van der Waals surface area contributed by atoms with Crippen molar-refractivity contribution < 1.29 is 19.2 Å². The second-order valence-electron chi connectivity index (χ2n) is 3.70. The van der Waals surface area contributed by atoms with Crippen LogP contribution in [0.4, 0.5) is 0 Å². The molecular weight excluding hydrogens is 158 g/mol. The molecule has 0 saturated carbocycles. The molecule has 0 rings (SSSR count). The molecule has 0 aliphatic heterocycles. The third-order valence-electron chi connectivity index (χ3n) is 1.77. The monoisotopic (exact) mass is 173 g/mol. The first kappa shape index (κ1) is 11.1. The predicted molar refractivity (Wildman–Crippen MR) is 42.1 cm³/mol. The Morgan fingerprint density at radius 1 is 1.50 bits per heavy atom. The highest BCUT2D eigenvalue weighted by molar-refractivity contribution is 5.70. The molecular formula is C8H15NO3. The minimum Gasteiger partial charge on any atom is -0.544 e. The smallest absolute Gasteiger partial charge is 0.129 e. The molecule has 0 aliphatic carbocycles. The number of quaternary nitrogens is 1. The quantitative estimate of drug-likeness (QED) is 0.387. The van der Waals surface area contributed by atoms with E-state index >= 15 is 0 Å². The first-order chi connectivity index (χ1) is 5.39. The summed E-state index contributed by atoms with van der Waals surface area (Å²) in [6, 6.07) is -0.602. The summed E-state index contributed by atoms with van der Waals surface area (Å²) in [7, 11) is 5.31. The minimum absolute atomic E-state index is 0.272. The van der Waals surface area contributed by atoms with Gasteiger partial charge in [-0.2, -0.15) is 0 Å². The maximum atomic E-state index is 10.6. The Kier molecular flexibility index (Phi) is 3.89. The number of nitrogens with zero attached hydrogens (tertiary/aromatic N) is 1. The van der Waals surface area contributed by atoms with E-state index in [-0.39, 0.29) is 10.9 Å². The number of likely N-dealkylation sites (N-methyl/N-ethyl adjacent to an activating group) is 1. The highest BCUT2D eigenvalue weighted by Gasteiger charge is 2.24. The number of carboxylic acid groups (broad SMARTS) is 1. The molecule has 0 fully saturated rings. The molecule has 12 heavy (non-hydrogen) atoms. The van der Waals surface area contributed by atoms with E-state index in [2.05, 4.69) is 0 Å². The van der Waals surface area contributed by atoms with Crippen molar-refractivity contribution in [3.05, 3.63) is 0 Å².